The van der Waals surface area contributed by atoms with Gasteiger partial charge in [-0.1, -0.05) is 35.3 Å². The lowest BCUT2D eigenvalue weighted by Crippen LogP contribution is -2.04. The van der Waals surface area contributed by atoms with E-state index in [0.717, 1.165) is 5.56 Å². The van der Waals surface area contributed by atoms with Gasteiger partial charge in [0.05, 0.1) is 11.6 Å². The number of hydrogen-bond donors (Lipinski definition) is 0. The average molecular weight is 323 g/mol. The van der Waals surface area contributed by atoms with Crippen molar-refractivity contribution in [2.75, 3.05) is 0 Å². The summed E-state index contributed by atoms with van der Waals surface area (Å²) in [7, 11) is 0. The summed E-state index contributed by atoms with van der Waals surface area (Å²) in [6.45, 7) is 0.408. The summed E-state index contributed by atoms with van der Waals surface area (Å²) in [5.74, 6) is 0.223. The van der Waals surface area contributed by atoms with Crippen LogP contribution < -0.4 is 0 Å². The molecule has 1 heterocycles. The molecule has 106 valence electrons. The second-order valence-electron chi connectivity index (χ2n) is 4.41. The Bertz CT molecular complexity index is 771. The van der Waals surface area contributed by atoms with E-state index in [1.54, 1.807) is 35.0 Å². The van der Waals surface area contributed by atoms with Gasteiger partial charge in [0.25, 0.3) is 0 Å². The molecular formula is C14H9Cl2FN4. The first-order chi connectivity index (χ1) is 10.1. The second kappa shape index (κ2) is 5.79. The zero-order chi connectivity index (χ0) is 14.8. The zero-order valence-electron chi connectivity index (χ0n) is 10.7. The van der Waals surface area contributed by atoms with Crippen LogP contribution in [0.15, 0.2) is 42.5 Å². The number of aromatic nitrogens is 4. The van der Waals surface area contributed by atoms with Crippen molar-refractivity contribution in [3.05, 3.63) is 63.9 Å². The Balaban J connectivity index is 1.97. The van der Waals surface area contributed by atoms with Crippen LogP contribution in [0.3, 0.4) is 0 Å². The van der Waals surface area contributed by atoms with Crippen LogP contribution in [-0.2, 0) is 6.54 Å². The highest BCUT2D eigenvalue weighted by atomic mass is 35.5. The average Bonchev–Trinajstić information content (AvgIpc) is 2.92. The molecule has 0 atom stereocenters. The molecule has 0 aliphatic rings. The molecule has 4 nitrogen and oxygen atoms in total. The Morgan fingerprint density at radius 2 is 1.81 bits per heavy atom. The Morgan fingerprint density at radius 1 is 1.05 bits per heavy atom. The van der Waals surface area contributed by atoms with Crippen molar-refractivity contribution in [3.63, 3.8) is 0 Å². The van der Waals surface area contributed by atoms with Crippen molar-refractivity contribution in [2.24, 2.45) is 0 Å². The highest BCUT2D eigenvalue weighted by Gasteiger charge is 2.13. The minimum Gasteiger partial charge on any atom is -0.221 e. The smallest absolute Gasteiger partial charge is 0.183 e. The Hall–Kier alpha value is -1.98. The fourth-order valence-corrected chi connectivity index (χ4v) is 2.31. The number of nitrogens with zero attached hydrogens (tertiary/aromatic N) is 4. The number of tetrazole rings is 1. The van der Waals surface area contributed by atoms with E-state index in [1.807, 2.05) is 0 Å². The number of benzene rings is 2. The van der Waals surface area contributed by atoms with Gasteiger partial charge in [0.15, 0.2) is 5.82 Å². The van der Waals surface area contributed by atoms with Gasteiger partial charge < -0.3 is 0 Å². The van der Waals surface area contributed by atoms with Crippen LogP contribution >= 0.6 is 23.2 Å². The minimum atomic E-state index is -0.284. The summed E-state index contributed by atoms with van der Waals surface area (Å²) in [6, 6.07) is 11.2. The van der Waals surface area contributed by atoms with Crippen molar-refractivity contribution < 1.29 is 4.39 Å². The monoisotopic (exact) mass is 322 g/mol. The summed E-state index contributed by atoms with van der Waals surface area (Å²) in [5.41, 5.74) is 1.53. The maximum Gasteiger partial charge on any atom is 0.183 e. The van der Waals surface area contributed by atoms with Crippen molar-refractivity contribution in [2.45, 2.75) is 6.54 Å². The van der Waals surface area contributed by atoms with Gasteiger partial charge >= 0.3 is 0 Å². The van der Waals surface area contributed by atoms with Gasteiger partial charge in [0, 0.05) is 10.6 Å². The summed E-state index contributed by atoms with van der Waals surface area (Å²) in [4.78, 5) is 0. The Kier molecular flexibility index (Phi) is 3.86. The van der Waals surface area contributed by atoms with Gasteiger partial charge in [0.2, 0.25) is 0 Å². The van der Waals surface area contributed by atoms with E-state index in [9.17, 15) is 4.39 Å². The lowest BCUT2D eigenvalue weighted by molar-refractivity contribution is 0.622. The number of rotatable bonds is 3. The summed E-state index contributed by atoms with van der Waals surface area (Å²) in [5, 5.41) is 12.7. The highest BCUT2D eigenvalue weighted by molar-refractivity contribution is 6.35. The molecule has 0 radical (unpaired) electrons. The fourth-order valence-electron chi connectivity index (χ4n) is 1.94. The first-order valence-corrected chi connectivity index (χ1v) is 6.85. The third-order valence-corrected chi connectivity index (χ3v) is 3.51. The number of halogens is 3. The number of hydrogen-bond acceptors (Lipinski definition) is 3. The van der Waals surface area contributed by atoms with Gasteiger partial charge in [-0.25, -0.2) is 9.07 Å². The molecule has 7 heteroatoms. The molecule has 0 aliphatic heterocycles. The van der Waals surface area contributed by atoms with Crippen molar-refractivity contribution in [1.29, 1.82) is 0 Å². The lowest BCUT2D eigenvalue weighted by Gasteiger charge is -2.07. The van der Waals surface area contributed by atoms with Crippen LogP contribution in [-0.4, -0.2) is 20.2 Å². The van der Waals surface area contributed by atoms with Gasteiger partial charge in [0.1, 0.15) is 5.82 Å². The molecule has 0 amide bonds. The van der Waals surface area contributed by atoms with E-state index in [4.69, 9.17) is 23.2 Å². The largest absolute Gasteiger partial charge is 0.221 e. The van der Waals surface area contributed by atoms with Crippen molar-refractivity contribution in [3.8, 4) is 11.4 Å². The van der Waals surface area contributed by atoms with E-state index < -0.39 is 0 Å². The van der Waals surface area contributed by atoms with Crippen LogP contribution in [0.2, 0.25) is 10.0 Å². The second-order valence-corrected chi connectivity index (χ2v) is 5.25. The van der Waals surface area contributed by atoms with E-state index in [-0.39, 0.29) is 5.82 Å². The van der Waals surface area contributed by atoms with Gasteiger partial charge in [-0.05, 0) is 46.3 Å². The Morgan fingerprint density at radius 3 is 2.57 bits per heavy atom. The molecule has 0 N–H and O–H groups in total. The van der Waals surface area contributed by atoms with Crippen LogP contribution in [0, 0.1) is 5.82 Å². The predicted molar refractivity (Wildman–Crippen MR) is 78.8 cm³/mol. The maximum atomic E-state index is 12.9. The molecule has 1 aromatic heterocycles. The van der Waals surface area contributed by atoms with E-state index in [1.165, 1.54) is 12.1 Å². The molecule has 0 unspecified atom stereocenters. The molecular weight excluding hydrogens is 314 g/mol. The van der Waals surface area contributed by atoms with E-state index >= 15 is 0 Å². The van der Waals surface area contributed by atoms with Gasteiger partial charge in [-0.2, -0.15) is 0 Å². The first kappa shape index (κ1) is 14.0. The van der Waals surface area contributed by atoms with Gasteiger partial charge in [-0.15, -0.1) is 5.10 Å². The normalized spacial score (nSPS) is 10.8. The quantitative estimate of drug-likeness (QED) is 0.736. The molecule has 3 aromatic rings. The standard InChI is InChI=1S/C14H9Cl2FN4/c15-10-3-6-13(16)12(7-10)14-18-19-20-21(14)8-9-1-4-11(17)5-2-9/h1-7H,8H2. The van der Waals surface area contributed by atoms with E-state index in [2.05, 4.69) is 15.5 Å². The van der Waals surface area contributed by atoms with Crippen LogP contribution in [0.1, 0.15) is 5.56 Å². The van der Waals surface area contributed by atoms with Crippen LogP contribution in [0.25, 0.3) is 11.4 Å². The predicted octanol–water partition coefficient (Wildman–Crippen LogP) is 3.83. The zero-order valence-corrected chi connectivity index (χ0v) is 12.2. The first-order valence-electron chi connectivity index (χ1n) is 6.09. The fraction of sp³-hybridized carbons (Fsp3) is 0.0714. The molecule has 3 rings (SSSR count). The van der Waals surface area contributed by atoms with Gasteiger partial charge in [-0.3, -0.25) is 0 Å². The van der Waals surface area contributed by atoms with Crippen LogP contribution in [0.5, 0.6) is 0 Å². The topological polar surface area (TPSA) is 43.6 Å². The molecule has 21 heavy (non-hydrogen) atoms. The summed E-state index contributed by atoms with van der Waals surface area (Å²) >= 11 is 12.2. The summed E-state index contributed by atoms with van der Waals surface area (Å²) < 4.78 is 14.5. The molecule has 0 aliphatic carbocycles. The molecule has 0 spiro atoms. The van der Waals surface area contributed by atoms with E-state index in [0.29, 0.717) is 28.0 Å². The summed E-state index contributed by atoms with van der Waals surface area (Å²) in [6.07, 6.45) is 0. The highest BCUT2D eigenvalue weighted by Crippen LogP contribution is 2.29. The SMILES string of the molecule is Fc1ccc(Cn2nnnc2-c2cc(Cl)ccc2Cl)cc1. The Labute approximate surface area is 130 Å². The van der Waals surface area contributed by atoms with Crippen molar-refractivity contribution >= 4 is 23.2 Å². The van der Waals surface area contributed by atoms with Crippen molar-refractivity contribution in [1.82, 2.24) is 20.2 Å². The third-order valence-electron chi connectivity index (χ3n) is 2.95. The molecule has 0 saturated carbocycles. The molecule has 0 fully saturated rings. The molecule has 2 aromatic carbocycles. The molecule has 0 saturated heterocycles. The third kappa shape index (κ3) is 3.04. The molecule has 0 bridgehead atoms. The minimum absolute atomic E-state index is 0.284. The lowest BCUT2D eigenvalue weighted by atomic mass is 10.2. The maximum absolute atomic E-state index is 12.9. The van der Waals surface area contributed by atoms with Crippen LogP contribution in [0.4, 0.5) is 4.39 Å².